The number of alkyl carbamates (subject to hydrolysis) is 2. The Morgan fingerprint density at radius 1 is 0.538 bits per heavy atom. The standard InChI is InChI=1S/C38H56N4O10/c1-29(2)33(39-37(45)51-27-31-11-7-5-8-12-31)35(43)41-15-19-47-23-25-49-21-17-42(18-22-50-26-24-48-20-16-41)36(44)34(30(3)4)40-38(46)52-28-32-13-9-6-10-14-32/h5-14,29-30,33-34H,15-28H2,1-4H3,(H,39,45)(H,40,46)/t33-,34-/m0/s1. The molecule has 0 unspecified atom stereocenters. The van der Waals surface area contributed by atoms with E-state index in [1.54, 1.807) is 9.80 Å². The Kier molecular flexibility index (Phi) is 19.5. The summed E-state index contributed by atoms with van der Waals surface area (Å²) in [5.41, 5.74) is 1.69. The maximum absolute atomic E-state index is 13.6. The highest BCUT2D eigenvalue weighted by Gasteiger charge is 2.30. The molecule has 52 heavy (non-hydrogen) atoms. The average Bonchev–Trinajstić information content (AvgIpc) is 3.14. The molecule has 14 heteroatoms. The van der Waals surface area contributed by atoms with Crippen molar-refractivity contribution in [3.05, 3.63) is 71.8 Å². The van der Waals surface area contributed by atoms with Crippen LogP contribution in [0.2, 0.25) is 0 Å². The molecule has 0 spiro atoms. The summed E-state index contributed by atoms with van der Waals surface area (Å²) in [5.74, 6) is -0.909. The molecule has 1 aliphatic heterocycles. The van der Waals surface area contributed by atoms with Crippen LogP contribution in [0.5, 0.6) is 0 Å². The third-order valence-electron chi connectivity index (χ3n) is 8.23. The van der Waals surface area contributed by atoms with Gasteiger partial charge in [0, 0.05) is 26.2 Å². The van der Waals surface area contributed by atoms with Gasteiger partial charge in [-0.25, -0.2) is 9.59 Å². The van der Waals surface area contributed by atoms with Gasteiger partial charge in [0.1, 0.15) is 25.3 Å². The quantitative estimate of drug-likeness (QED) is 0.371. The fourth-order valence-electron chi connectivity index (χ4n) is 5.21. The minimum absolute atomic E-state index is 0.0945. The lowest BCUT2D eigenvalue weighted by molar-refractivity contribution is -0.137. The van der Waals surface area contributed by atoms with Gasteiger partial charge in [-0.05, 0) is 23.0 Å². The number of ether oxygens (including phenoxy) is 6. The van der Waals surface area contributed by atoms with Crippen molar-refractivity contribution in [2.24, 2.45) is 11.8 Å². The predicted octanol–water partition coefficient (Wildman–Crippen LogP) is 3.63. The lowest BCUT2D eigenvalue weighted by atomic mass is 10.0. The first-order chi connectivity index (χ1) is 25.2. The Morgan fingerprint density at radius 3 is 1.13 bits per heavy atom. The zero-order chi connectivity index (χ0) is 37.6. The van der Waals surface area contributed by atoms with Crippen LogP contribution in [0.3, 0.4) is 0 Å². The van der Waals surface area contributed by atoms with E-state index in [-0.39, 0.29) is 116 Å². The largest absolute Gasteiger partial charge is 0.445 e. The van der Waals surface area contributed by atoms with E-state index in [0.29, 0.717) is 0 Å². The van der Waals surface area contributed by atoms with Gasteiger partial charge in [0.05, 0.1) is 52.9 Å². The zero-order valence-corrected chi connectivity index (χ0v) is 31.0. The molecule has 2 N–H and O–H groups in total. The van der Waals surface area contributed by atoms with E-state index in [2.05, 4.69) is 10.6 Å². The highest BCUT2D eigenvalue weighted by molar-refractivity contribution is 5.86. The van der Waals surface area contributed by atoms with Crippen molar-refractivity contribution in [3.63, 3.8) is 0 Å². The molecule has 1 aliphatic rings. The second kappa shape index (κ2) is 24.1. The van der Waals surface area contributed by atoms with Gasteiger partial charge in [0.25, 0.3) is 0 Å². The number of carbonyl (C=O) groups is 4. The molecule has 1 heterocycles. The Morgan fingerprint density at radius 2 is 0.846 bits per heavy atom. The number of carbonyl (C=O) groups excluding carboxylic acids is 4. The number of amides is 4. The molecule has 2 aromatic rings. The van der Waals surface area contributed by atoms with E-state index < -0.39 is 24.3 Å². The van der Waals surface area contributed by atoms with Crippen molar-refractivity contribution < 1.29 is 47.6 Å². The first-order valence-corrected chi connectivity index (χ1v) is 18.0. The van der Waals surface area contributed by atoms with Crippen molar-refractivity contribution >= 4 is 24.0 Å². The minimum Gasteiger partial charge on any atom is -0.445 e. The molecule has 0 aliphatic carbocycles. The van der Waals surface area contributed by atoms with Crippen LogP contribution in [-0.2, 0) is 51.2 Å². The molecular formula is C38H56N4O10. The Bertz CT molecular complexity index is 1210. The van der Waals surface area contributed by atoms with Crippen LogP contribution in [0, 0.1) is 11.8 Å². The van der Waals surface area contributed by atoms with Gasteiger partial charge in [0.15, 0.2) is 0 Å². The van der Waals surface area contributed by atoms with Crippen LogP contribution in [0.4, 0.5) is 9.59 Å². The fourth-order valence-corrected chi connectivity index (χ4v) is 5.21. The number of nitrogens with one attached hydrogen (secondary N) is 2. The smallest absolute Gasteiger partial charge is 0.408 e. The van der Waals surface area contributed by atoms with Crippen LogP contribution in [0.15, 0.2) is 60.7 Å². The lowest BCUT2D eigenvalue weighted by Crippen LogP contribution is -2.53. The van der Waals surface area contributed by atoms with E-state index in [9.17, 15) is 19.2 Å². The second-order valence-electron chi connectivity index (χ2n) is 13.0. The lowest BCUT2D eigenvalue weighted by Gasteiger charge is -2.30. The van der Waals surface area contributed by atoms with Gasteiger partial charge in [-0.15, -0.1) is 0 Å². The molecule has 288 valence electrons. The summed E-state index contributed by atoms with van der Waals surface area (Å²) in [6.07, 6.45) is -1.34. The first kappa shape index (κ1) is 42.2. The molecule has 1 saturated heterocycles. The summed E-state index contributed by atoms with van der Waals surface area (Å²) in [5, 5.41) is 5.47. The van der Waals surface area contributed by atoms with Gasteiger partial charge in [0.2, 0.25) is 11.8 Å². The molecule has 0 saturated carbocycles. The highest BCUT2D eigenvalue weighted by atomic mass is 16.6. The van der Waals surface area contributed by atoms with E-state index >= 15 is 0 Å². The number of benzene rings is 2. The zero-order valence-electron chi connectivity index (χ0n) is 31.0. The van der Waals surface area contributed by atoms with E-state index in [0.717, 1.165) is 11.1 Å². The number of hydrogen-bond acceptors (Lipinski definition) is 10. The van der Waals surface area contributed by atoms with Crippen LogP contribution < -0.4 is 10.6 Å². The first-order valence-electron chi connectivity index (χ1n) is 18.0. The Labute approximate surface area is 307 Å². The normalized spacial score (nSPS) is 17.0. The number of hydrogen-bond donors (Lipinski definition) is 2. The average molecular weight is 729 g/mol. The third kappa shape index (κ3) is 16.0. The van der Waals surface area contributed by atoms with Crippen molar-refractivity contribution in [2.75, 3.05) is 79.0 Å². The SMILES string of the molecule is CC(C)[C@H](NC(=O)OCc1ccccc1)C(=O)N1CCOCCOCCN(C(=O)[C@@H](NC(=O)OCc2ccccc2)C(C)C)CCOCCOCC1. The van der Waals surface area contributed by atoms with Crippen LogP contribution >= 0.6 is 0 Å². The van der Waals surface area contributed by atoms with Gasteiger partial charge in [-0.3, -0.25) is 9.59 Å². The van der Waals surface area contributed by atoms with Crippen LogP contribution in [-0.4, -0.2) is 125 Å². The molecule has 1 fully saturated rings. The van der Waals surface area contributed by atoms with Gasteiger partial charge >= 0.3 is 12.2 Å². The molecule has 0 radical (unpaired) electrons. The van der Waals surface area contributed by atoms with Crippen LogP contribution in [0.25, 0.3) is 0 Å². The maximum Gasteiger partial charge on any atom is 0.408 e. The molecule has 0 bridgehead atoms. The summed E-state index contributed by atoms with van der Waals surface area (Å²) >= 11 is 0. The fraction of sp³-hybridized carbons (Fsp3) is 0.579. The van der Waals surface area contributed by atoms with Gasteiger partial charge in [-0.2, -0.15) is 0 Å². The molecule has 4 amide bonds. The summed E-state index contributed by atoms with van der Waals surface area (Å²) in [7, 11) is 0. The van der Waals surface area contributed by atoms with Crippen molar-refractivity contribution in [2.45, 2.75) is 53.0 Å². The minimum atomic E-state index is -0.802. The van der Waals surface area contributed by atoms with Crippen molar-refractivity contribution in [1.82, 2.24) is 20.4 Å². The molecule has 2 atom stereocenters. The summed E-state index contributed by atoms with van der Waals surface area (Å²) < 4.78 is 33.8. The topological polar surface area (TPSA) is 154 Å². The monoisotopic (exact) mass is 728 g/mol. The van der Waals surface area contributed by atoms with E-state index in [1.165, 1.54) is 0 Å². The maximum atomic E-state index is 13.6. The second-order valence-corrected chi connectivity index (χ2v) is 13.0. The third-order valence-corrected chi connectivity index (χ3v) is 8.23. The number of rotatable bonds is 10. The Balaban J connectivity index is 1.50. The Hall–Kier alpha value is -4.24. The number of nitrogens with zero attached hydrogens (tertiary/aromatic N) is 2. The summed E-state index contributed by atoms with van der Waals surface area (Å²) in [6.45, 7) is 10.8. The molecule has 2 aromatic carbocycles. The van der Waals surface area contributed by atoms with Gasteiger partial charge in [-0.1, -0.05) is 88.4 Å². The highest BCUT2D eigenvalue weighted by Crippen LogP contribution is 2.11. The van der Waals surface area contributed by atoms with Crippen molar-refractivity contribution in [1.29, 1.82) is 0 Å². The van der Waals surface area contributed by atoms with E-state index in [1.807, 2.05) is 88.4 Å². The molecular weight excluding hydrogens is 672 g/mol. The molecule has 3 rings (SSSR count). The summed E-state index contributed by atoms with van der Waals surface area (Å²) in [6, 6.07) is 17.0. The summed E-state index contributed by atoms with van der Waals surface area (Å²) in [4.78, 5) is 55.7. The molecule has 0 aromatic heterocycles. The van der Waals surface area contributed by atoms with Crippen molar-refractivity contribution in [3.8, 4) is 0 Å². The van der Waals surface area contributed by atoms with Crippen LogP contribution in [0.1, 0.15) is 38.8 Å². The van der Waals surface area contributed by atoms with E-state index in [4.69, 9.17) is 28.4 Å². The molecule has 14 nitrogen and oxygen atoms in total. The predicted molar refractivity (Wildman–Crippen MR) is 193 cm³/mol. The van der Waals surface area contributed by atoms with Gasteiger partial charge < -0.3 is 48.9 Å².